The Morgan fingerprint density at radius 1 is 1.44 bits per heavy atom. The highest BCUT2D eigenvalue weighted by Gasteiger charge is 2.17. The molecule has 0 aromatic heterocycles. The molecule has 4 nitrogen and oxygen atoms in total. The molecule has 0 fully saturated rings. The van der Waals surface area contributed by atoms with Gasteiger partial charge in [0, 0.05) is 21.8 Å². The lowest BCUT2D eigenvalue weighted by atomic mass is 10.2. The van der Waals surface area contributed by atoms with Crippen LogP contribution in [0.2, 0.25) is 0 Å². The normalized spacial score (nSPS) is 10.9. The SMILES string of the molecule is CC(C)(C)Sc1ccc([N+](=O)[O-])cc1C#N. The van der Waals surface area contributed by atoms with Crippen LogP contribution >= 0.6 is 11.8 Å². The Morgan fingerprint density at radius 3 is 2.50 bits per heavy atom. The van der Waals surface area contributed by atoms with Gasteiger partial charge in [-0.2, -0.15) is 5.26 Å². The molecule has 0 atom stereocenters. The molecule has 0 aliphatic heterocycles. The molecule has 0 aliphatic rings. The Morgan fingerprint density at radius 2 is 2.06 bits per heavy atom. The van der Waals surface area contributed by atoms with Gasteiger partial charge in [-0.05, 0) is 6.07 Å². The third-order valence-corrected chi connectivity index (χ3v) is 2.90. The maximum absolute atomic E-state index is 10.6. The molecular formula is C11H12N2O2S. The van der Waals surface area contributed by atoms with E-state index in [9.17, 15) is 10.1 Å². The van der Waals surface area contributed by atoms with Crippen LogP contribution in [0.5, 0.6) is 0 Å². The molecule has 1 aromatic carbocycles. The number of thioether (sulfide) groups is 1. The number of nitriles is 1. The predicted octanol–water partition coefficient (Wildman–Crippen LogP) is 3.36. The number of benzene rings is 1. The third kappa shape index (κ3) is 3.24. The molecule has 0 unspecified atom stereocenters. The van der Waals surface area contributed by atoms with Crippen molar-refractivity contribution >= 4 is 17.4 Å². The molecular weight excluding hydrogens is 224 g/mol. The molecule has 0 amide bonds. The second kappa shape index (κ2) is 4.54. The van der Waals surface area contributed by atoms with Gasteiger partial charge in [-0.25, -0.2) is 0 Å². The summed E-state index contributed by atoms with van der Waals surface area (Å²) in [4.78, 5) is 10.8. The van der Waals surface area contributed by atoms with Crippen molar-refractivity contribution < 1.29 is 4.92 Å². The molecule has 84 valence electrons. The predicted molar refractivity (Wildman–Crippen MR) is 63.4 cm³/mol. The van der Waals surface area contributed by atoms with E-state index in [1.54, 1.807) is 6.07 Å². The van der Waals surface area contributed by atoms with Crippen molar-refractivity contribution in [2.45, 2.75) is 30.4 Å². The smallest absolute Gasteiger partial charge is 0.258 e. The first-order chi connectivity index (χ1) is 7.33. The highest BCUT2D eigenvalue weighted by molar-refractivity contribution is 8.00. The number of hydrogen-bond acceptors (Lipinski definition) is 4. The molecule has 1 aromatic rings. The number of nitro groups is 1. The fourth-order valence-electron chi connectivity index (χ4n) is 1.14. The molecule has 0 bridgehead atoms. The molecule has 1 rings (SSSR count). The molecule has 0 aliphatic carbocycles. The van der Waals surface area contributed by atoms with Crippen molar-refractivity contribution in [1.29, 1.82) is 5.26 Å². The summed E-state index contributed by atoms with van der Waals surface area (Å²) < 4.78 is -0.0261. The molecule has 5 heteroatoms. The number of rotatable bonds is 2. The van der Waals surface area contributed by atoms with Crippen molar-refractivity contribution in [3.05, 3.63) is 33.9 Å². The van der Waals surface area contributed by atoms with Crippen LogP contribution in [0.3, 0.4) is 0 Å². The van der Waals surface area contributed by atoms with Crippen LogP contribution in [0.1, 0.15) is 26.3 Å². The molecule has 0 saturated heterocycles. The van der Waals surface area contributed by atoms with Gasteiger partial charge in [0.05, 0.1) is 10.5 Å². The van der Waals surface area contributed by atoms with Crippen LogP contribution in [0.4, 0.5) is 5.69 Å². The van der Waals surface area contributed by atoms with Crippen LogP contribution in [-0.2, 0) is 0 Å². The number of nitro benzene ring substituents is 1. The highest BCUT2D eigenvalue weighted by Crippen LogP contribution is 2.35. The van der Waals surface area contributed by atoms with Crippen molar-refractivity contribution in [2.24, 2.45) is 0 Å². The fraction of sp³-hybridized carbons (Fsp3) is 0.364. The highest BCUT2D eigenvalue weighted by atomic mass is 32.2. The van der Waals surface area contributed by atoms with E-state index in [0.29, 0.717) is 5.56 Å². The topological polar surface area (TPSA) is 66.9 Å². The summed E-state index contributed by atoms with van der Waals surface area (Å²) in [6.45, 7) is 6.08. The first-order valence-corrected chi connectivity index (χ1v) is 5.53. The average Bonchev–Trinajstić information content (AvgIpc) is 2.15. The van der Waals surface area contributed by atoms with Gasteiger partial charge in [-0.1, -0.05) is 20.8 Å². The summed E-state index contributed by atoms with van der Waals surface area (Å²) in [5.74, 6) is 0. The molecule has 0 heterocycles. The van der Waals surface area contributed by atoms with E-state index < -0.39 is 4.92 Å². The monoisotopic (exact) mass is 236 g/mol. The Labute approximate surface area is 98.4 Å². The van der Waals surface area contributed by atoms with Crippen molar-refractivity contribution in [1.82, 2.24) is 0 Å². The maximum atomic E-state index is 10.6. The molecule has 0 spiro atoms. The van der Waals surface area contributed by atoms with Gasteiger partial charge in [0.15, 0.2) is 0 Å². The summed E-state index contributed by atoms with van der Waals surface area (Å²) >= 11 is 1.53. The minimum Gasteiger partial charge on any atom is -0.258 e. The molecule has 16 heavy (non-hydrogen) atoms. The quantitative estimate of drug-likeness (QED) is 0.448. The second-order valence-electron chi connectivity index (χ2n) is 4.26. The van der Waals surface area contributed by atoms with E-state index in [4.69, 9.17) is 5.26 Å². The van der Waals surface area contributed by atoms with E-state index in [-0.39, 0.29) is 10.4 Å². The Bertz CT molecular complexity index is 458. The Hall–Kier alpha value is -1.54. The van der Waals surface area contributed by atoms with E-state index in [1.807, 2.05) is 26.8 Å². The number of hydrogen-bond donors (Lipinski definition) is 0. The van der Waals surface area contributed by atoms with Gasteiger partial charge in [0.25, 0.3) is 5.69 Å². The second-order valence-corrected chi connectivity index (χ2v) is 6.13. The van der Waals surface area contributed by atoms with Crippen molar-refractivity contribution in [2.75, 3.05) is 0 Å². The standard InChI is InChI=1S/C11H12N2O2S/c1-11(2,3)16-10-5-4-9(13(14)15)6-8(10)7-12/h4-6H,1-3H3. The minimum atomic E-state index is -0.494. The first kappa shape index (κ1) is 12.5. The van der Waals surface area contributed by atoms with E-state index in [1.165, 1.54) is 23.9 Å². The lowest BCUT2D eigenvalue weighted by Gasteiger charge is -2.17. The summed E-state index contributed by atoms with van der Waals surface area (Å²) in [6, 6.07) is 6.36. The Balaban J connectivity index is 3.14. The van der Waals surface area contributed by atoms with E-state index in [0.717, 1.165) is 4.90 Å². The zero-order chi connectivity index (χ0) is 12.3. The minimum absolute atomic E-state index is 0.0261. The molecule has 0 N–H and O–H groups in total. The average molecular weight is 236 g/mol. The van der Waals surface area contributed by atoms with Gasteiger partial charge in [-0.3, -0.25) is 10.1 Å². The summed E-state index contributed by atoms with van der Waals surface area (Å²) in [7, 11) is 0. The van der Waals surface area contributed by atoms with Crippen molar-refractivity contribution in [3.63, 3.8) is 0 Å². The van der Waals surface area contributed by atoms with Gasteiger partial charge < -0.3 is 0 Å². The summed E-state index contributed by atoms with van der Waals surface area (Å²) in [5.41, 5.74) is 0.309. The molecule has 0 saturated carbocycles. The lowest BCUT2D eigenvalue weighted by molar-refractivity contribution is -0.384. The van der Waals surface area contributed by atoms with Crippen LogP contribution in [-0.4, -0.2) is 9.67 Å². The van der Waals surface area contributed by atoms with E-state index >= 15 is 0 Å². The van der Waals surface area contributed by atoms with Gasteiger partial charge >= 0.3 is 0 Å². The fourth-order valence-corrected chi connectivity index (χ4v) is 2.15. The van der Waals surface area contributed by atoms with Crippen LogP contribution in [0.15, 0.2) is 23.1 Å². The van der Waals surface area contributed by atoms with Gasteiger partial charge in [0.1, 0.15) is 6.07 Å². The molecule has 0 radical (unpaired) electrons. The lowest BCUT2D eigenvalue weighted by Crippen LogP contribution is -2.07. The summed E-state index contributed by atoms with van der Waals surface area (Å²) in [5, 5.41) is 19.5. The first-order valence-electron chi connectivity index (χ1n) is 4.71. The van der Waals surface area contributed by atoms with Gasteiger partial charge in [-0.15, -0.1) is 11.8 Å². The Kier molecular flexibility index (Phi) is 3.55. The maximum Gasteiger partial charge on any atom is 0.270 e. The van der Waals surface area contributed by atoms with Crippen molar-refractivity contribution in [3.8, 4) is 6.07 Å². The number of non-ortho nitro benzene ring substituents is 1. The largest absolute Gasteiger partial charge is 0.270 e. The third-order valence-electron chi connectivity index (χ3n) is 1.71. The summed E-state index contributed by atoms with van der Waals surface area (Å²) in [6.07, 6.45) is 0. The van der Waals surface area contributed by atoms with Crippen LogP contribution in [0, 0.1) is 21.4 Å². The van der Waals surface area contributed by atoms with Crippen LogP contribution in [0.25, 0.3) is 0 Å². The number of nitrogens with zero attached hydrogens (tertiary/aromatic N) is 2. The zero-order valence-electron chi connectivity index (χ0n) is 9.35. The van der Waals surface area contributed by atoms with Crippen LogP contribution < -0.4 is 0 Å². The van der Waals surface area contributed by atoms with Gasteiger partial charge in [0.2, 0.25) is 0 Å². The zero-order valence-corrected chi connectivity index (χ0v) is 10.2. The van der Waals surface area contributed by atoms with E-state index in [2.05, 4.69) is 0 Å².